The Morgan fingerprint density at radius 3 is 2.33 bits per heavy atom. The van der Waals surface area contributed by atoms with E-state index in [9.17, 15) is 0 Å². The lowest BCUT2D eigenvalue weighted by Crippen LogP contribution is -2.46. The van der Waals surface area contributed by atoms with Gasteiger partial charge in [0, 0.05) is 31.0 Å². The predicted molar refractivity (Wildman–Crippen MR) is 107 cm³/mol. The maximum atomic E-state index is 8.84. The van der Waals surface area contributed by atoms with Crippen molar-refractivity contribution in [3.05, 3.63) is 30.0 Å². The van der Waals surface area contributed by atoms with Crippen LogP contribution >= 0.6 is 0 Å². The lowest BCUT2D eigenvalue weighted by atomic mass is 9.71. The van der Waals surface area contributed by atoms with Gasteiger partial charge in [-0.15, -0.1) is 0 Å². The molecule has 2 aliphatic rings. The van der Waals surface area contributed by atoms with Crippen molar-refractivity contribution < 1.29 is 4.74 Å². The van der Waals surface area contributed by atoms with Crippen LogP contribution in [0.2, 0.25) is 0 Å². The number of rotatable bonds is 4. The predicted octanol–water partition coefficient (Wildman–Crippen LogP) is 3.35. The summed E-state index contributed by atoms with van der Waals surface area (Å²) in [7, 11) is 3.85. The molecule has 3 rings (SSSR count). The van der Waals surface area contributed by atoms with Gasteiger partial charge in [-0.2, -0.15) is 10.5 Å². The third-order valence-electron chi connectivity index (χ3n) is 6.03. The average Bonchev–Trinajstić information content (AvgIpc) is 2.72. The molecule has 2 saturated heterocycles. The van der Waals surface area contributed by atoms with Gasteiger partial charge in [-0.3, -0.25) is 0 Å². The SMILES string of the molecule is COc1cc(N2CCC3(CCN(C)CC3)CC2)ccc1NC=C(C#N)C#N. The van der Waals surface area contributed by atoms with Gasteiger partial charge < -0.3 is 19.9 Å². The summed E-state index contributed by atoms with van der Waals surface area (Å²) in [4.78, 5) is 4.87. The number of methoxy groups -OCH3 is 1. The molecular weight excluding hydrogens is 338 g/mol. The fourth-order valence-corrected chi connectivity index (χ4v) is 4.07. The van der Waals surface area contributed by atoms with E-state index < -0.39 is 0 Å². The average molecular weight is 365 g/mol. The van der Waals surface area contributed by atoms with Crippen molar-refractivity contribution in [3.63, 3.8) is 0 Å². The number of allylic oxidation sites excluding steroid dienone is 1. The van der Waals surface area contributed by atoms with Gasteiger partial charge in [0.2, 0.25) is 0 Å². The zero-order valence-electron chi connectivity index (χ0n) is 16.2. The van der Waals surface area contributed by atoms with E-state index in [4.69, 9.17) is 15.3 Å². The molecule has 0 amide bonds. The maximum Gasteiger partial charge on any atom is 0.145 e. The van der Waals surface area contributed by atoms with Crippen LogP contribution in [0.15, 0.2) is 30.0 Å². The molecule has 27 heavy (non-hydrogen) atoms. The summed E-state index contributed by atoms with van der Waals surface area (Å²) >= 11 is 0. The van der Waals surface area contributed by atoms with E-state index in [0.717, 1.165) is 24.5 Å². The largest absolute Gasteiger partial charge is 0.494 e. The minimum absolute atomic E-state index is 0.0283. The molecule has 1 aromatic carbocycles. The highest BCUT2D eigenvalue weighted by atomic mass is 16.5. The Morgan fingerprint density at radius 1 is 1.11 bits per heavy atom. The number of ether oxygens (including phenoxy) is 1. The lowest BCUT2D eigenvalue weighted by Gasteiger charge is -2.47. The highest BCUT2D eigenvalue weighted by molar-refractivity contribution is 5.66. The number of anilines is 2. The molecule has 0 aliphatic carbocycles. The molecule has 0 atom stereocenters. The molecule has 1 aromatic rings. The van der Waals surface area contributed by atoms with E-state index in [2.05, 4.69) is 28.2 Å². The molecule has 0 unspecified atom stereocenters. The summed E-state index contributed by atoms with van der Waals surface area (Å²) in [5, 5.41) is 20.7. The molecular formula is C21H27N5O. The monoisotopic (exact) mass is 365 g/mol. The third kappa shape index (κ3) is 4.35. The molecule has 0 radical (unpaired) electrons. The van der Waals surface area contributed by atoms with Crippen molar-refractivity contribution in [1.82, 2.24) is 4.90 Å². The number of nitrogens with one attached hydrogen (secondary N) is 1. The van der Waals surface area contributed by atoms with Crippen molar-refractivity contribution in [3.8, 4) is 17.9 Å². The molecule has 6 nitrogen and oxygen atoms in total. The van der Waals surface area contributed by atoms with E-state index in [1.54, 1.807) is 7.11 Å². The molecule has 142 valence electrons. The molecule has 0 aromatic heterocycles. The van der Waals surface area contributed by atoms with Crippen LogP contribution in [0.4, 0.5) is 11.4 Å². The summed E-state index contributed by atoms with van der Waals surface area (Å²) in [6, 6.07) is 9.72. The molecule has 2 aliphatic heterocycles. The Bertz CT molecular complexity index is 755. The first-order valence-electron chi connectivity index (χ1n) is 9.47. The number of nitriles is 2. The van der Waals surface area contributed by atoms with Crippen molar-refractivity contribution in [2.75, 3.05) is 50.6 Å². The van der Waals surface area contributed by atoms with Crippen molar-refractivity contribution in [2.45, 2.75) is 25.7 Å². The smallest absolute Gasteiger partial charge is 0.145 e. The van der Waals surface area contributed by atoms with Crippen molar-refractivity contribution in [2.24, 2.45) is 5.41 Å². The quantitative estimate of drug-likeness (QED) is 0.825. The Hall–Kier alpha value is -2.70. The van der Waals surface area contributed by atoms with Gasteiger partial charge in [0.25, 0.3) is 0 Å². The first kappa shape index (κ1) is 19.1. The molecule has 0 bridgehead atoms. The molecule has 1 N–H and O–H groups in total. The second-order valence-corrected chi connectivity index (χ2v) is 7.60. The normalized spacial score (nSPS) is 19.0. The van der Waals surface area contributed by atoms with Crippen molar-refractivity contribution in [1.29, 1.82) is 10.5 Å². The van der Waals surface area contributed by atoms with Gasteiger partial charge in [0.1, 0.15) is 23.5 Å². The van der Waals surface area contributed by atoms with Gasteiger partial charge >= 0.3 is 0 Å². The Kier molecular flexibility index (Phi) is 5.88. The minimum Gasteiger partial charge on any atom is -0.494 e. The summed E-state index contributed by atoms with van der Waals surface area (Å²) in [5.41, 5.74) is 2.46. The standard InChI is InChI=1S/C21H27N5O/c1-25-9-5-21(6-10-25)7-11-26(12-8-21)18-3-4-19(20(13-18)27-2)24-16-17(14-22)15-23/h3-4,13,16,24H,5-12H2,1-2H3. The van der Waals surface area contributed by atoms with Crippen LogP contribution in [-0.4, -0.2) is 45.2 Å². The fourth-order valence-electron chi connectivity index (χ4n) is 4.07. The minimum atomic E-state index is 0.0283. The van der Waals surface area contributed by atoms with Crippen LogP contribution in [0, 0.1) is 28.1 Å². The molecule has 6 heteroatoms. The van der Waals surface area contributed by atoms with Crippen molar-refractivity contribution >= 4 is 11.4 Å². The van der Waals surface area contributed by atoms with Gasteiger partial charge in [0.15, 0.2) is 0 Å². The van der Waals surface area contributed by atoms with Gasteiger partial charge in [-0.05, 0) is 63.4 Å². The van der Waals surface area contributed by atoms with Gasteiger partial charge in [0.05, 0.1) is 12.8 Å². The van der Waals surface area contributed by atoms with Crippen LogP contribution in [0.3, 0.4) is 0 Å². The van der Waals surface area contributed by atoms with E-state index in [0.29, 0.717) is 11.2 Å². The highest BCUT2D eigenvalue weighted by Crippen LogP contribution is 2.42. The van der Waals surface area contributed by atoms with Crippen LogP contribution in [0.1, 0.15) is 25.7 Å². The topological polar surface area (TPSA) is 75.3 Å². The van der Waals surface area contributed by atoms with Crippen LogP contribution in [-0.2, 0) is 0 Å². The van der Waals surface area contributed by atoms with Gasteiger partial charge in [-0.25, -0.2) is 0 Å². The number of hydrogen-bond donors (Lipinski definition) is 1. The molecule has 2 fully saturated rings. The first-order valence-corrected chi connectivity index (χ1v) is 9.47. The zero-order valence-corrected chi connectivity index (χ0v) is 16.2. The Labute approximate surface area is 161 Å². The maximum absolute atomic E-state index is 8.84. The van der Waals surface area contributed by atoms with Crippen LogP contribution < -0.4 is 15.0 Å². The lowest BCUT2D eigenvalue weighted by molar-refractivity contribution is 0.0945. The molecule has 1 spiro atoms. The van der Waals surface area contributed by atoms with E-state index >= 15 is 0 Å². The fraction of sp³-hybridized carbons (Fsp3) is 0.524. The summed E-state index contributed by atoms with van der Waals surface area (Å²) in [6.07, 6.45) is 6.54. The molecule has 2 heterocycles. The Morgan fingerprint density at radius 2 is 1.74 bits per heavy atom. The Balaban J connectivity index is 1.67. The highest BCUT2D eigenvalue weighted by Gasteiger charge is 2.36. The second kappa shape index (κ2) is 8.33. The van der Waals surface area contributed by atoms with E-state index in [-0.39, 0.29) is 5.57 Å². The summed E-state index contributed by atoms with van der Waals surface area (Å²) in [6.45, 7) is 4.59. The summed E-state index contributed by atoms with van der Waals surface area (Å²) in [5.74, 6) is 0.707. The number of nitrogens with zero attached hydrogens (tertiary/aromatic N) is 4. The second-order valence-electron chi connectivity index (χ2n) is 7.60. The van der Waals surface area contributed by atoms with Gasteiger partial charge in [-0.1, -0.05) is 0 Å². The van der Waals surface area contributed by atoms with Crippen LogP contribution in [0.25, 0.3) is 0 Å². The number of hydrogen-bond acceptors (Lipinski definition) is 6. The zero-order chi connectivity index (χ0) is 19.3. The van der Waals surface area contributed by atoms with E-state index in [1.807, 2.05) is 24.3 Å². The summed E-state index contributed by atoms with van der Waals surface area (Å²) < 4.78 is 5.51. The number of likely N-dealkylation sites (tertiary alicyclic amines) is 1. The first-order chi connectivity index (χ1) is 13.1. The number of piperidine rings is 2. The third-order valence-corrected chi connectivity index (χ3v) is 6.03. The molecule has 0 saturated carbocycles. The van der Waals surface area contributed by atoms with Crippen LogP contribution in [0.5, 0.6) is 5.75 Å². The number of benzene rings is 1. The van der Waals surface area contributed by atoms with E-state index in [1.165, 1.54) is 45.0 Å².